The van der Waals surface area contributed by atoms with Crippen molar-refractivity contribution in [1.82, 2.24) is 19.3 Å². The lowest BCUT2D eigenvalue weighted by molar-refractivity contribution is 0.328. The van der Waals surface area contributed by atoms with Crippen LogP contribution in [0.25, 0.3) is 38.8 Å². The number of aryl methyl sites for hydroxylation is 1. The van der Waals surface area contributed by atoms with Gasteiger partial charge in [0.15, 0.2) is 5.65 Å². The van der Waals surface area contributed by atoms with Gasteiger partial charge in [-0.15, -0.1) is 0 Å². The summed E-state index contributed by atoms with van der Waals surface area (Å²) < 4.78 is 9.94. The van der Waals surface area contributed by atoms with E-state index in [9.17, 15) is 4.79 Å². The molecule has 0 saturated heterocycles. The molecular weight excluding hydrogens is 456 g/mol. The van der Waals surface area contributed by atoms with Crippen LogP contribution in [0.2, 0.25) is 0 Å². The number of hydrogen-bond donors (Lipinski definition) is 0. The predicted octanol–water partition coefficient (Wildman–Crippen LogP) is 5.10. The molecule has 0 radical (unpaired) electrons. The number of ether oxygens (including phenoxy) is 1. The maximum absolute atomic E-state index is 13.7. The molecule has 2 aromatic carbocycles. The van der Waals surface area contributed by atoms with Crippen LogP contribution < -0.4 is 10.3 Å². The summed E-state index contributed by atoms with van der Waals surface area (Å²) in [7, 11) is 1.89. The van der Waals surface area contributed by atoms with Gasteiger partial charge in [-0.2, -0.15) is 10.1 Å². The molecule has 0 aliphatic heterocycles. The largest absolute Gasteiger partial charge is 0.478 e. The van der Waals surface area contributed by atoms with Crippen molar-refractivity contribution in [3.05, 3.63) is 81.7 Å². The normalized spacial score (nSPS) is 11.3. The Morgan fingerprint density at radius 3 is 2.58 bits per heavy atom. The molecule has 0 amide bonds. The van der Waals surface area contributed by atoms with E-state index in [0.29, 0.717) is 23.7 Å². The van der Waals surface area contributed by atoms with E-state index in [1.54, 1.807) is 9.25 Å². The summed E-state index contributed by atoms with van der Waals surface area (Å²) in [4.78, 5) is 18.4. The van der Waals surface area contributed by atoms with Gasteiger partial charge in [-0.05, 0) is 61.0 Å². The van der Waals surface area contributed by atoms with Crippen LogP contribution in [-0.2, 0) is 7.05 Å². The van der Waals surface area contributed by atoms with Gasteiger partial charge in [0, 0.05) is 40.1 Å². The second-order valence-electron chi connectivity index (χ2n) is 7.25. The minimum atomic E-state index is -0.140. The molecule has 5 aromatic rings. The Morgan fingerprint density at radius 2 is 1.81 bits per heavy atom. The molecule has 31 heavy (non-hydrogen) atoms. The van der Waals surface area contributed by atoms with Crippen molar-refractivity contribution in [3.8, 4) is 22.7 Å². The fourth-order valence-electron chi connectivity index (χ4n) is 3.75. The van der Waals surface area contributed by atoms with Crippen LogP contribution in [0.1, 0.15) is 6.92 Å². The molecule has 3 aromatic heterocycles. The summed E-state index contributed by atoms with van der Waals surface area (Å²) in [6, 6.07) is 19.2. The summed E-state index contributed by atoms with van der Waals surface area (Å²) in [6.07, 6.45) is 1.95. The van der Waals surface area contributed by atoms with E-state index in [1.807, 2.05) is 80.8 Å². The quantitative estimate of drug-likeness (QED) is 0.363. The Morgan fingerprint density at radius 1 is 1.00 bits per heavy atom. The smallest absolute Gasteiger partial charge is 0.264 e. The average molecular weight is 475 g/mol. The number of halogens is 1. The van der Waals surface area contributed by atoms with Crippen molar-refractivity contribution in [2.45, 2.75) is 6.92 Å². The summed E-state index contributed by atoms with van der Waals surface area (Å²) >= 11 is 3.46. The lowest BCUT2D eigenvalue weighted by Crippen LogP contribution is -2.21. The Bertz CT molecular complexity index is 1490. The van der Waals surface area contributed by atoms with Gasteiger partial charge in [0.1, 0.15) is 0 Å². The minimum Gasteiger partial charge on any atom is -0.478 e. The Kier molecular flexibility index (Phi) is 4.82. The van der Waals surface area contributed by atoms with Crippen LogP contribution in [0.15, 0.2) is 76.1 Å². The summed E-state index contributed by atoms with van der Waals surface area (Å²) in [5.74, 6) is 0.491. The molecule has 0 aliphatic carbocycles. The van der Waals surface area contributed by atoms with Gasteiger partial charge >= 0.3 is 0 Å². The first-order chi connectivity index (χ1) is 15.0. The molecule has 6 nitrogen and oxygen atoms in total. The molecular formula is C24H19BrN4O2. The highest BCUT2D eigenvalue weighted by molar-refractivity contribution is 9.10. The van der Waals surface area contributed by atoms with E-state index in [1.165, 1.54) is 0 Å². The highest BCUT2D eigenvalue weighted by Crippen LogP contribution is 2.27. The highest BCUT2D eigenvalue weighted by Gasteiger charge is 2.15. The third-order valence-corrected chi connectivity index (χ3v) is 5.66. The van der Waals surface area contributed by atoms with Crippen LogP contribution in [0.3, 0.4) is 0 Å². The van der Waals surface area contributed by atoms with E-state index in [-0.39, 0.29) is 5.56 Å². The van der Waals surface area contributed by atoms with Gasteiger partial charge < -0.3 is 4.74 Å². The molecule has 0 bridgehead atoms. The summed E-state index contributed by atoms with van der Waals surface area (Å²) in [5, 5.41) is 6.27. The topological polar surface area (TPSA) is 61.9 Å². The van der Waals surface area contributed by atoms with E-state index in [2.05, 4.69) is 26.0 Å². The van der Waals surface area contributed by atoms with Gasteiger partial charge in [0.25, 0.3) is 5.56 Å². The predicted molar refractivity (Wildman–Crippen MR) is 126 cm³/mol. The van der Waals surface area contributed by atoms with Gasteiger partial charge in [0.05, 0.1) is 17.8 Å². The van der Waals surface area contributed by atoms with Crippen LogP contribution in [0.4, 0.5) is 0 Å². The molecule has 0 spiro atoms. The standard InChI is InChI=1S/C24H19BrN4O2/c1-3-31-22-11-5-16-13-20(15-4-10-21-17(12-15)14-28(2)27-21)24(30)29(23(16)26-22)19-8-6-18(25)7-9-19/h4-14H,3H2,1-2H3. The Labute approximate surface area is 186 Å². The zero-order valence-corrected chi connectivity index (χ0v) is 18.6. The molecule has 7 heteroatoms. The lowest BCUT2D eigenvalue weighted by Gasteiger charge is -2.14. The molecule has 154 valence electrons. The first-order valence-corrected chi connectivity index (χ1v) is 10.7. The monoisotopic (exact) mass is 474 g/mol. The molecule has 0 unspecified atom stereocenters. The van der Waals surface area contributed by atoms with Crippen molar-refractivity contribution in [1.29, 1.82) is 0 Å². The number of aromatic nitrogens is 4. The molecule has 3 heterocycles. The maximum Gasteiger partial charge on any atom is 0.264 e. The van der Waals surface area contributed by atoms with Crippen molar-refractivity contribution in [2.24, 2.45) is 7.05 Å². The van der Waals surface area contributed by atoms with Crippen LogP contribution in [-0.4, -0.2) is 25.9 Å². The first kappa shape index (κ1) is 19.5. The number of benzene rings is 2. The molecule has 0 saturated carbocycles. The van der Waals surface area contributed by atoms with E-state index >= 15 is 0 Å². The number of nitrogens with zero attached hydrogens (tertiary/aromatic N) is 4. The van der Waals surface area contributed by atoms with Gasteiger partial charge in [0.2, 0.25) is 5.88 Å². The first-order valence-electron chi connectivity index (χ1n) is 9.93. The van der Waals surface area contributed by atoms with Crippen molar-refractivity contribution in [3.63, 3.8) is 0 Å². The summed E-state index contributed by atoms with van der Waals surface area (Å²) in [6.45, 7) is 2.41. The Hall–Kier alpha value is -3.45. The zero-order valence-electron chi connectivity index (χ0n) is 17.0. The van der Waals surface area contributed by atoms with Gasteiger partial charge in [-0.25, -0.2) is 0 Å². The average Bonchev–Trinajstić information content (AvgIpc) is 3.14. The SMILES string of the molecule is CCOc1ccc2cc(-c3ccc4nn(C)cc4c3)c(=O)n(-c3ccc(Br)cc3)c2n1. The fourth-order valence-corrected chi connectivity index (χ4v) is 4.01. The van der Waals surface area contributed by atoms with Crippen LogP contribution in [0.5, 0.6) is 5.88 Å². The van der Waals surface area contributed by atoms with Crippen LogP contribution >= 0.6 is 15.9 Å². The van der Waals surface area contributed by atoms with Gasteiger partial charge in [-0.3, -0.25) is 14.0 Å². The number of hydrogen-bond acceptors (Lipinski definition) is 4. The maximum atomic E-state index is 13.7. The van der Waals surface area contributed by atoms with Crippen LogP contribution in [0, 0.1) is 0 Å². The van der Waals surface area contributed by atoms with E-state index < -0.39 is 0 Å². The van der Waals surface area contributed by atoms with Crippen molar-refractivity contribution < 1.29 is 4.74 Å². The number of fused-ring (bicyclic) bond motifs is 2. The van der Waals surface area contributed by atoms with E-state index in [4.69, 9.17) is 4.74 Å². The second-order valence-corrected chi connectivity index (χ2v) is 8.16. The second kappa shape index (κ2) is 7.67. The zero-order chi connectivity index (χ0) is 21.5. The molecule has 0 atom stereocenters. The van der Waals surface area contributed by atoms with E-state index in [0.717, 1.165) is 32.0 Å². The molecule has 0 N–H and O–H groups in total. The van der Waals surface area contributed by atoms with Crippen molar-refractivity contribution in [2.75, 3.05) is 6.61 Å². The fraction of sp³-hybridized carbons (Fsp3) is 0.125. The number of pyridine rings is 2. The number of rotatable bonds is 4. The van der Waals surface area contributed by atoms with Gasteiger partial charge in [-0.1, -0.05) is 22.0 Å². The highest BCUT2D eigenvalue weighted by atomic mass is 79.9. The lowest BCUT2D eigenvalue weighted by atomic mass is 10.0. The Balaban J connectivity index is 1.81. The molecule has 5 rings (SSSR count). The third-order valence-electron chi connectivity index (χ3n) is 5.13. The van der Waals surface area contributed by atoms with Crippen molar-refractivity contribution >= 4 is 37.9 Å². The third kappa shape index (κ3) is 3.51. The molecule has 0 fully saturated rings. The summed E-state index contributed by atoms with van der Waals surface area (Å²) in [5.41, 5.74) is 3.50. The molecule has 0 aliphatic rings. The minimum absolute atomic E-state index is 0.140.